The molecule has 1 atom stereocenters. The molecule has 2 N–H and O–H groups in total. The molecule has 0 radical (unpaired) electrons. The van der Waals surface area contributed by atoms with Gasteiger partial charge in [-0.25, -0.2) is 4.79 Å². The van der Waals surface area contributed by atoms with Crippen molar-refractivity contribution in [2.75, 3.05) is 13.7 Å². The number of rotatable bonds is 3. The molecule has 1 aromatic rings. The van der Waals surface area contributed by atoms with E-state index in [0.29, 0.717) is 6.61 Å². The fraction of sp³-hybridized carbons (Fsp3) is 0.611. The van der Waals surface area contributed by atoms with Gasteiger partial charge in [0.2, 0.25) is 0 Å². The number of fused-ring (bicyclic) bond motifs is 1. The molecule has 2 aliphatic carbocycles. The van der Waals surface area contributed by atoms with Crippen LogP contribution in [0, 0.1) is 5.41 Å². The average molecular weight is 382 g/mol. The van der Waals surface area contributed by atoms with Crippen molar-refractivity contribution >= 4 is 21.9 Å². The number of esters is 1. The van der Waals surface area contributed by atoms with Crippen LogP contribution in [0.3, 0.4) is 0 Å². The number of methoxy groups -OCH3 is 1. The molecule has 1 unspecified atom stereocenters. The normalized spacial score (nSPS) is 32.8. The molecule has 4 nitrogen and oxygen atoms in total. The van der Waals surface area contributed by atoms with Gasteiger partial charge in [-0.2, -0.15) is 0 Å². The summed E-state index contributed by atoms with van der Waals surface area (Å²) >= 11 is 3.51. The molecule has 0 saturated heterocycles. The third-order valence-corrected chi connectivity index (χ3v) is 6.18. The molecule has 23 heavy (non-hydrogen) atoms. The molecule has 3 rings (SSSR count). The van der Waals surface area contributed by atoms with Crippen molar-refractivity contribution in [3.63, 3.8) is 0 Å². The first-order chi connectivity index (χ1) is 11.0. The van der Waals surface area contributed by atoms with E-state index in [1.54, 1.807) is 7.11 Å². The third kappa shape index (κ3) is 2.53. The SMILES string of the molecule is CCOC(=O)C1(N)c2cc(Br)ccc2C[C@]12CC[C@@H](OC)CC2. The van der Waals surface area contributed by atoms with Crippen LogP contribution in [0.25, 0.3) is 0 Å². The second-order valence-electron chi connectivity index (χ2n) is 6.72. The number of ether oxygens (including phenoxy) is 2. The molecular weight excluding hydrogens is 358 g/mol. The summed E-state index contributed by atoms with van der Waals surface area (Å²) < 4.78 is 11.8. The van der Waals surface area contributed by atoms with E-state index >= 15 is 0 Å². The van der Waals surface area contributed by atoms with Crippen LogP contribution in [-0.4, -0.2) is 25.8 Å². The first-order valence-electron chi connectivity index (χ1n) is 8.24. The van der Waals surface area contributed by atoms with Crippen LogP contribution in [0.15, 0.2) is 22.7 Å². The van der Waals surface area contributed by atoms with Gasteiger partial charge in [0.15, 0.2) is 0 Å². The van der Waals surface area contributed by atoms with Crippen LogP contribution < -0.4 is 5.73 Å². The molecule has 0 bridgehead atoms. The second kappa shape index (κ2) is 6.19. The summed E-state index contributed by atoms with van der Waals surface area (Å²) in [5, 5.41) is 0. The van der Waals surface area contributed by atoms with Crippen molar-refractivity contribution in [3.05, 3.63) is 33.8 Å². The number of carbonyl (C=O) groups is 1. The summed E-state index contributed by atoms with van der Waals surface area (Å²) in [7, 11) is 1.75. The molecule has 1 fully saturated rings. The topological polar surface area (TPSA) is 61.5 Å². The smallest absolute Gasteiger partial charge is 0.331 e. The summed E-state index contributed by atoms with van der Waals surface area (Å²) in [4.78, 5) is 12.9. The number of carbonyl (C=O) groups excluding carboxylic acids is 1. The lowest BCUT2D eigenvalue weighted by atomic mass is 9.62. The molecule has 1 aromatic carbocycles. The second-order valence-corrected chi connectivity index (χ2v) is 7.64. The highest BCUT2D eigenvalue weighted by Crippen LogP contribution is 2.57. The first kappa shape index (κ1) is 16.9. The van der Waals surface area contributed by atoms with Crippen molar-refractivity contribution < 1.29 is 14.3 Å². The maximum atomic E-state index is 12.9. The molecule has 1 saturated carbocycles. The van der Waals surface area contributed by atoms with Gasteiger partial charge < -0.3 is 15.2 Å². The lowest BCUT2D eigenvalue weighted by Crippen LogP contribution is -2.58. The highest BCUT2D eigenvalue weighted by atomic mass is 79.9. The Labute approximate surface area is 145 Å². The predicted octanol–water partition coefficient (Wildman–Crippen LogP) is 3.30. The summed E-state index contributed by atoms with van der Waals surface area (Å²) in [6.07, 6.45) is 4.73. The Kier molecular flexibility index (Phi) is 4.55. The maximum Gasteiger partial charge on any atom is 0.331 e. The van der Waals surface area contributed by atoms with Crippen molar-refractivity contribution in [1.29, 1.82) is 0 Å². The molecule has 0 heterocycles. The van der Waals surface area contributed by atoms with E-state index in [1.165, 1.54) is 5.56 Å². The minimum Gasteiger partial charge on any atom is -0.464 e. The number of hydrogen-bond donors (Lipinski definition) is 1. The van der Waals surface area contributed by atoms with E-state index in [4.69, 9.17) is 15.2 Å². The molecule has 0 aromatic heterocycles. The Morgan fingerprint density at radius 1 is 1.39 bits per heavy atom. The van der Waals surface area contributed by atoms with Gasteiger partial charge in [0.05, 0.1) is 12.7 Å². The van der Waals surface area contributed by atoms with Gasteiger partial charge in [-0.1, -0.05) is 22.0 Å². The van der Waals surface area contributed by atoms with Gasteiger partial charge in [-0.05, 0) is 62.3 Å². The van der Waals surface area contributed by atoms with Crippen LogP contribution in [0.2, 0.25) is 0 Å². The van der Waals surface area contributed by atoms with Gasteiger partial charge in [-0.3, -0.25) is 0 Å². The Hall–Kier alpha value is -0.910. The summed E-state index contributed by atoms with van der Waals surface area (Å²) in [6, 6.07) is 6.09. The Morgan fingerprint density at radius 3 is 2.70 bits per heavy atom. The van der Waals surface area contributed by atoms with Gasteiger partial charge in [-0.15, -0.1) is 0 Å². The van der Waals surface area contributed by atoms with Crippen molar-refractivity contribution in [3.8, 4) is 0 Å². The van der Waals surface area contributed by atoms with Crippen molar-refractivity contribution in [2.24, 2.45) is 11.1 Å². The molecular formula is C18H24BrNO3. The predicted molar refractivity (Wildman–Crippen MR) is 92.0 cm³/mol. The van der Waals surface area contributed by atoms with E-state index < -0.39 is 5.54 Å². The van der Waals surface area contributed by atoms with Crippen LogP contribution in [-0.2, 0) is 26.2 Å². The van der Waals surface area contributed by atoms with Gasteiger partial charge in [0, 0.05) is 17.0 Å². The van der Waals surface area contributed by atoms with Gasteiger partial charge in [0.25, 0.3) is 0 Å². The Bertz CT molecular complexity index is 610. The number of halogens is 1. The van der Waals surface area contributed by atoms with E-state index in [2.05, 4.69) is 22.0 Å². The van der Waals surface area contributed by atoms with Crippen molar-refractivity contribution in [2.45, 2.75) is 50.7 Å². The van der Waals surface area contributed by atoms with Crippen LogP contribution >= 0.6 is 15.9 Å². The zero-order chi connectivity index (χ0) is 16.7. The molecule has 0 amide bonds. The Balaban J connectivity index is 2.05. The first-order valence-corrected chi connectivity index (χ1v) is 9.04. The highest BCUT2D eigenvalue weighted by Gasteiger charge is 2.61. The fourth-order valence-corrected chi connectivity index (χ4v) is 4.74. The highest BCUT2D eigenvalue weighted by molar-refractivity contribution is 9.10. The largest absolute Gasteiger partial charge is 0.464 e. The molecule has 0 aliphatic heterocycles. The quantitative estimate of drug-likeness (QED) is 0.815. The maximum absolute atomic E-state index is 12.9. The number of nitrogens with two attached hydrogens (primary N) is 1. The lowest BCUT2D eigenvalue weighted by molar-refractivity contribution is -0.158. The molecule has 5 heteroatoms. The summed E-state index contributed by atoms with van der Waals surface area (Å²) in [6.45, 7) is 2.17. The van der Waals surface area contributed by atoms with Crippen molar-refractivity contribution in [1.82, 2.24) is 0 Å². The lowest BCUT2D eigenvalue weighted by Gasteiger charge is -2.46. The van der Waals surface area contributed by atoms with E-state index in [1.807, 2.05) is 19.1 Å². The standard InChI is InChI=1S/C18H24BrNO3/c1-3-23-16(21)18(20)15-10-13(19)5-4-12(15)11-17(18)8-6-14(22-2)7-9-17/h4-5,10,14H,3,6-9,11,20H2,1-2H3/t14-,17-,18?. The van der Waals surface area contributed by atoms with E-state index in [0.717, 1.165) is 42.1 Å². The zero-order valence-electron chi connectivity index (χ0n) is 13.7. The minimum atomic E-state index is -1.07. The molecule has 2 aliphatic rings. The monoisotopic (exact) mass is 381 g/mol. The minimum absolute atomic E-state index is 0.266. The third-order valence-electron chi connectivity index (χ3n) is 5.68. The van der Waals surface area contributed by atoms with E-state index in [-0.39, 0.29) is 17.5 Å². The van der Waals surface area contributed by atoms with Gasteiger partial charge >= 0.3 is 5.97 Å². The molecule has 1 spiro atoms. The summed E-state index contributed by atoms with van der Waals surface area (Å²) in [5.41, 5.74) is 7.58. The van der Waals surface area contributed by atoms with Crippen LogP contribution in [0.4, 0.5) is 0 Å². The molecule has 126 valence electrons. The van der Waals surface area contributed by atoms with Crippen LogP contribution in [0.5, 0.6) is 0 Å². The average Bonchev–Trinajstić information content (AvgIpc) is 2.79. The fourth-order valence-electron chi connectivity index (χ4n) is 4.38. The zero-order valence-corrected chi connectivity index (χ0v) is 15.3. The van der Waals surface area contributed by atoms with E-state index in [9.17, 15) is 4.79 Å². The van der Waals surface area contributed by atoms with Crippen LogP contribution in [0.1, 0.15) is 43.7 Å². The summed E-state index contributed by atoms with van der Waals surface area (Å²) in [5.74, 6) is -0.298. The Morgan fingerprint density at radius 2 is 2.09 bits per heavy atom. The number of benzene rings is 1. The number of hydrogen-bond acceptors (Lipinski definition) is 4. The van der Waals surface area contributed by atoms with Gasteiger partial charge in [0.1, 0.15) is 5.54 Å².